The fourth-order valence-electron chi connectivity index (χ4n) is 1.85. The van der Waals surface area contributed by atoms with Gasteiger partial charge in [-0.25, -0.2) is 4.98 Å². The summed E-state index contributed by atoms with van der Waals surface area (Å²) in [7, 11) is 1.50. The number of hydrogen-bond donors (Lipinski definition) is 2. The molecule has 0 aliphatic heterocycles. The van der Waals surface area contributed by atoms with E-state index >= 15 is 0 Å². The van der Waals surface area contributed by atoms with Crippen molar-refractivity contribution in [1.29, 1.82) is 0 Å². The molecule has 0 bridgehead atoms. The molecule has 1 aromatic carbocycles. The number of carbonyl (C=O) groups excluding carboxylic acids is 1. The molecular weight excluding hydrogens is 288 g/mol. The molecule has 0 saturated heterocycles. The standard InChI is InChI=1S/C15H18N2O3S/c1-4-11-8-16-15(21-11)9(2)17-14(19)12-6-5-10(20-3)7-13(12)18/h5-9,18H,4H2,1-3H3,(H,17,19). The van der Waals surface area contributed by atoms with E-state index in [0.717, 1.165) is 11.4 Å². The number of benzene rings is 1. The van der Waals surface area contributed by atoms with E-state index in [1.807, 2.05) is 13.1 Å². The van der Waals surface area contributed by atoms with Gasteiger partial charge in [0.1, 0.15) is 16.5 Å². The molecule has 1 amide bonds. The zero-order chi connectivity index (χ0) is 15.4. The number of nitrogens with one attached hydrogen (secondary N) is 1. The molecule has 0 fully saturated rings. The maximum Gasteiger partial charge on any atom is 0.255 e. The van der Waals surface area contributed by atoms with Gasteiger partial charge in [-0.2, -0.15) is 0 Å². The Labute approximate surface area is 127 Å². The second-order valence-corrected chi connectivity index (χ2v) is 5.74. The summed E-state index contributed by atoms with van der Waals surface area (Å²) in [5.74, 6) is 0.0629. The second-order valence-electron chi connectivity index (χ2n) is 4.60. The molecule has 21 heavy (non-hydrogen) atoms. The van der Waals surface area contributed by atoms with Gasteiger partial charge in [0.05, 0.1) is 18.7 Å². The predicted octanol–water partition coefficient (Wildman–Crippen LogP) is 2.91. The smallest absolute Gasteiger partial charge is 0.255 e. The highest BCUT2D eigenvalue weighted by molar-refractivity contribution is 7.11. The van der Waals surface area contributed by atoms with Crippen molar-refractivity contribution >= 4 is 17.2 Å². The molecule has 2 aromatic rings. The molecule has 1 unspecified atom stereocenters. The van der Waals surface area contributed by atoms with E-state index in [1.165, 1.54) is 24.1 Å². The Balaban J connectivity index is 2.10. The van der Waals surface area contributed by atoms with Gasteiger partial charge < -0.3 is 15.2 Å². The third kappa shape index (κ3) is 3.52. The molecule has 1 aromatic heterocycles. The Kier molecular flexibility index (Phi) is 4.80. The number of thiazole rings is 1. The van der Waals surface area contributed by atoms with Crippen LogP contribution in [0.2, 0.25) is 0 Å². The normalized spacial score (nSPS) is 12.0. The van der Waals surface area contributed by atoms with E-state index < -0.39 is 0 Å². The van der Waals surface area contributed by atoms with Crippen LogP contribution < -0.4 is 10.1 Å². The van der Waals surface area contributed by atoms with Crippen LogP contribution in [-0.2, 0) is 6.42 Å². The van der Waals surface area contributed by atoms with E-state index in [-0.39, 0.29) is 23.3 Å². The molecule has 0 spiro atoms. The van der Waals surface area contributed by atoms with Gasteiger partial charge in [-0.3, -0.25) is 4.79 Å². The van der Waals surface area contributed by atoms with Crippen LogP contribution in [0.5, 0.6) is 11.5 Å². The van der Waals surface area contributed by atoms with E-state index in [2.05, 4.69) is 17.2 Å². The van der Waals surface area contributed by atoms with Crippen molar-refractivity contribution in [2.45, 2.75) is 26.3 Å². The SMILES string of the molecule is CCc1cnc(C(C)NC(=O)c2ccc(OC)cc2O)s1. The average molecular weight is 306 g/mol. The van der Waals surface area contributed by atoms with Gasteiger partial charge in [0.25, 0.3) is 5.91 Å². The lowest BCUT2D eigenvalue weighted by molar-refractivity contribution is 0.0937. The Morgan fingerprint density at radius 2 is 2.29 bits per heavy atom. The van der Waals surface area contributed by atoms with Crippen LogP contribution >= 0.6 is 11.3 Å². The number of aromatic hydroxyl groups is 1. The number of carbonyl (C=O) groups is 1. The second kappa shape index (κ2) is 6.58. The largest absolute Gasteiger partial charge is 0.507 e. The van der Waals surface area contributed by atoms with E-state index in [9.17, 15) is 9.90 Å². The number of nitrogens with zero attached hydrogens (tertiary/aromatic N) is 1. The van der Waals surface area contributed by atoms with Crippen molar-refractivity contribution in [2.75, 3.05) is 7.11 Å². The molecule has 6 heteroatoms. The Morgan fingerprint density at radius 3 is 2.86 bits per heavy atom. The van der Waals surface area contributed by atoms with Crippen molar-refractivity contribution in [3.63, 3.8) is 0 Å². The minimum Gasteiger partial charge on any atom is -0.507 e. The highest BCUT2D eigenvalue weighted by Crippen LogP contribution is 2.25. The van der Waals surface area contributed by atoms with Gasteiger partial charge >= 0.3 is 0 Å². The van der Waals surface area contributed by atoms with Crippen LogP contribution in [-0.4, -0.2) is 23.1 Å². The van der Waals surface area contributed by atoms with E-state index in [4.69, 9.17) is 4.74 Å². The molecule has 5 nitrogen and oxygen atoms in total. The van der Waals surface area contributed by atoms with Gasteiger partial charge in [-0.15, -0.1) is 11.3 Å². The van der Waals surface area contributed by atoms with Crippen LogP contribution in [0.3, 0.4) is 0 Å². The molecule has 0 aliphatic rings. The highest BCUT2D eigenvalue weighted by atomic mass is 32.1. The number of phenolic OH excluding ortho intramolecular Hbond substituents is 1. The van der Waals surface area contributed by atoms with Crippen LogP contribution in [0, 0.1) is 0 Å². The summed E-state index contributed by atoms with van der Waals surface area (Å²) in [4.78, 5) is 17.7. The molecule has 1 heterocycles. The quantitative estimate of drug-likeness (QED) is 0.891. The molecule has 0 radical (unpaired) electrons. The number of methoxy groups -OCH3 is 1. The summed E-state index contributed by atoms with van der Waals surface area (Å²) in [6.07, 6.45) is 2.76. The first-order valence-electron chi connectivity index (χ1n) is 6.67. The van der Waals surface area contributed by atoms with E-state index in [1.54, 1.807) is 17.4 Å². The van der Waals surface area contributed by atoms with Gasteiger partial charge in [0, 0.05) is 17.1 Å². The average Bonchev–Trinajstić information content (AvgIpc) is 2.95. The van der Waals surface area contributed by atoms with Gasteiger partial charge in [0.2, 0.25) is 0 Å². The lowest BCUT2D eigenvalue weighted by Crippen LogP contribution is -2.26. The number of ether oxygens (including phenoxy) is 1. The van der Waals surface area contributed by atoms with Crippen LogP contribution in [0.4, 0.5) is 0 Å². The molecule has 1 atom stereocenters. The molecule has 0 aliphatic carbocycles. The van der Waals surface area contributed by atoms with Crippen molar-refractivity contribution < 1.29 is 14.6 Å². The number of hydrogen-bond acceptors (Lipinski definition) is 5. The van der Waals surface area contributed by atoms with Crippen LogP contribution in [0.25, 0.3) is 0 Å². The monoisotopic (exact) mass is 306 g/mol. The van der Waals surface area contributed by atoms with Crippen LogP contribution in [0.1, 0.15) is 40.1 Å². The maximum atomic E-state index is 12.2. The van der Waals surface area contributed by atoms with Gasteiger partial charge in [-0.1, -0.05) is 6.92 Å². The molecule has 2 N–H and O–H groups in total. The van der Waals surface area contributed by atoms with Gasteiger partial charge in [-0.05, 0) is 25.5 Å². The molecule has 2 rings (SSSR count). The third-order valence-electron chi connectivity index (χ3n) is 3.09. The fourth-order valence-corrected chi connectivity index (χ4v) is 2.71. The lowest BCUT2D eigenvalue weighted by Gasteiger charge is -2.12. The summed E-state index contributed by atoms with van der Waals surface area (Å²) < 4.78 is 5.00. The zero-order valence-electron chi connectivity index (χ0n) is 12.2. The Morgan fingerprint density at radius 1 is 1.52 bits per heavy atom. The summed E-state index contributed by atoms with van der Waals surface area (Å²) in [5, 5.41) is 13.6. The van der Waals surface area contributed by atoms with Crippen molar-refractivity contribution in [1.82, 2.24) is 10.3 Å². The number of amides is 1. The minimum atomic E-state index is -0.337. The minimum absolute atomic E-state index is 0.104. The van der Waals surface area contributed by atoms with E-state index in [0.29, 0.717) is 5.75 Å². The maximum absolute atomic E-state index is 12.2. The number of aryl methyl sites for hydroxylation is 1. The highest BCUT2D eigenvalue weighted by Gasteiger charge is 2.17. The van der Waals surface area contributed by atoms with Gasteiger partial charge in [0.15, 0.2) is 0 Å². The zero-order valence-corrected chi connectivity index (χ0v) is 13.0. The summed E-state index contributed by atoms with van der Waals surface area (Å²) in [5.41, 5.74) is 0.218. The molecule has 0 saturated carbocycles. The first-order valence-corrected chi connectivity index (χ1v) is 7.49. The number of rotatable bonds is 5. The number of aromatic nitrogens is 1. The first kappa shape index (κ1) is 15.3. The Bertz CT molecular complexity index is 640. The Hall–Kier alpha value is -2.08. The topological polar surface area (TPSA) is 71.5 Å². The molecular formula is C15H18N2O3S. The van der Waals surface area contributed by atoms with Crippen molar-refractivity contribution in [2.24, 2.45) is 0 Å². The first-order chi connectivity index (χ1) is 10.0. The van der Waals surface area contributed by atoms with Crippen molar-refractivity contribution in [3.05, 3.63) is 39.8 Å². The summed E-state index contributed by atoms with van der Waals surface area (Å²) in [6, 6.07) is 4.38. The summed E-state index contributed by atoms with van der Waals surface area (Å²) >= 11 is 1.58. The molecule has 112 valence electrons. The van der Waals surface area contributed by atoms with Crippen molar-refractivity contribution in [3.8, 4) is 11.5 Å². The third-order valence-corrected chi connectivity index (χ3v) is 4.41. The van der Waals surface area contributed by atoms with Crippen LogP contribution in [0.15, 0.2) is 24.4 Å². The fraction of sp³-hybridized carbons (Fsp3) is 0.333. The summed E-state index contributed by atoms with van der Waals surface area (Å²) in [6.45, 7) is 3.94. The lowest BCUT2D eigenvalue weighted by atomic mass is 10.1. The predicted molar refractivity (Wildman–Crippen MR) is 82.0 cm³/mol. The number of phenols is 1.